The molecular formula is C32H34Cl2N6O4. The topological polar surface area (TPSA) is 131 Å². The molecule has 10 nitrogen and oxygen atoms in total. The van der Waals surface area contributed by atoms with Gasteiger partial charge < -0.3 is 25.2 Å². The number of halogens is 2. The summed E-state index contributed by atoms with van der Waals surface area (Å²) >= 11 is 14.0. The number of aliphatic hydroxyl groups excluding tert-OH is 1. The summed E-state index contributed by atoms with van der Waals surface area (Å²) in [6.07, 6.45) is 7.26. The molecule has 1 aliphatic heterocycles. The van der Waals surface area contributed by atoms with Crippen LogP contribution in [-0.4, -0.2) is 64.4 Å². The van der Waals surface area contributed by atoms with E-state index >= 15 is 0 Å². The van der Waals surface area contributed by atoms with Crippen LogP contribution in [0.5, 0.6) is 11.8 Å². The SMILES string of the molecule is COc1nc(-c2cccc(-c3cccc(-c4cnc(CNCCO)c(OC)n4)c3Cl)c2Cl)cnc1CCC[C@@H]1CCC(=O)N1. The molecule has 44 heavy (non-hydrogen) atoms. The Kier molecular flexibility index (Phi) is 10.6. The second-order valence-electron chi connectivity index (χ2n) is 10.4. The fourth-order valence-corrected chi connectivity index (χ4v) is 5.89. The molecule has 230 valence electrons. The number of aromatic nitrogens is 4. The zero-order chi connectivity index (χ0) is 31.1. The Bertz CT molecular complexity index is 1640. The van der Waals surface area contributed by atoms with Crippen LogP contribution in [0.15, 0.2) is 48.8 Å². The normalized spacial score (nSPS) is 14.5. The molecule has 0 spiro atoms. The average Bonchev–Trinajstić information content (AvgIpc) is 3.46. The summed E-state index contributed by atoms with van der Waals surface area (Å²) in [6, 6.07) is 11.6. The number of carbonyl (C=O) groups is 1. The lowest BCUT2D eigenvalue weighted by molar-refractivity contribution is -0.119. The van der Waals surface area contributed by atoms with Gasteiger partial charge in [0.1, 0.15) is 11.4 Å². The first-order chi connectivity index (χ1) is 21.4. The van der Waals surface area contributed by atoms with Crippen molar-refractivity contribution in [2.75, 3.05) is 27.4 Å². The number of aryl methyl sites for hydroxylation is 1. The molecule has 1 aliphatic rings. The summed E-state index contributed by atoms with van der Waals surface area (Å²) in [7, 11) is 3.11. The Labute approximate surface area is 266 Å². The third-order valence-corrected chi connectivity index (χ3v) is 8.30. The molecule has 0 saturated carbocycles. The van der Waals surface area contributed by atoms with Crippen LogP contribution in [-0.2, 0) is 17.8 Å². The zero-order valence-corrected chi connectivity index (χ0v) is 26.1. The van der Waals surface area contributed by atoms with Crippen LogP contribution in [0, 0.1) is 0 Å². The predicted octanol–water partition coefficient (Wildman–Crippen LogP) is 5.27. The van der Waals surface area contributed by atoms with E-state index in [1.165, 1.54) is 7.11 Å². The van der Waals surface area contributed by atoms with Gasteiger partial charge in [0.25, 0.3) is 0 Å². The molecule has 5 rings (SSSR count). The molecule has 3 N–H and O–H groups in total. The van der Waals surface area contributed by atoms with Gasteiger partial charge in [0.05, 0.1) is 54.7 Å². The van der Waals surface area contributed by atoms with E-state index < -0.39 is 0 Å². The molecule has 3 heterocycles. The van der Waals surface area contributed by atoms with Gasteiger partial charge in [0, 0.05) is 47.8 Å². The molecule has 2 aromatic carbocycles. The Hall–Kier alpha value is -3.83. The van der Waals surface area contributed by atoms with Crippen molar-refractivity contribution in [2.24, 2.45) is 0 Å². The molecule has 0 radical (unpaired) electrons. The van der Waals surface area contributed by atoms with E-state index in [0.717, 1.165) is 36.1 Å². The van der Waals surface area contributed by atoms with Crippen molar-refractivity contribution < 1.29 is 19.4 Å². The highest BCUT2D eigenvalue weighted by Crippen LogP contribution is 2.42. The number of hydrogen-bond donors (Lipinski definition) is 3. The summed E-state index contributed by atoms with van der Waals surface area (Å²) < 4.78 is 11.1. The van der Waals surface area contributed by atoms with Crippen LogP contribution in [0.2, 0.25) is 10.0 Å². The summed E-state index contributed by atoms with van der Waals surface area (Å²) in [4.78, 5) is 30.0. The van der Waals surface area contributed by atoms with Crippen LogP contribution in [0.4, 0.5) is 0 Å². The van der Waals surface area contributed by atoms with E-state index in [0.29, 0.717) is 75.9 Å². The van der Waals surface area contributed by atoms with Gasteiger partial charge in [-0.1, -0.05) is 59.6 Å². The minimum absolute atomic E-state index is 0.0225. The molecule has 1 saturated heterocycles. The average molecular weight is 638 g/mol. The monoisotopic (exact) mass is 636 g/mol. The fourth-order valence-electron chi connectivity index (χ4n) is 5.24. The number of nitrogens with zero attached hydrogens (tertiary/aromatic N) is 4. The first-order valence-electron chi connectivity index (χ1n) is 14.4. The van der Waals surface area contributed by atoms with E-state index in [9.17, 15) is 4.79 Å². The Morgan fingerprint density at radius 2 is 1.48 bits per heavy atom. The molecule has 0 bridgehead atoms. The Morgan fingerprint density at radius 1 is 0.909 bits per heavy atom. The smallest absolute Gasteiger partial charge is 0.237 e. The van der Waals surface area contributed by atoms with Gasteiger partial charge in [-0.3, -0.25) is 14.8 Å². The first kappa shape index (κ1) is 31.6. The van der Waals surface area contributed by atoms with E-state index in [2.05, 4.69) is 25.6 Å². The highest BCUT2D eigenvalue weighted by Gasteiger charge is 2.21. The highest BCUT2D eigenvalue weighted by molar-refractivity contribution is 6.39. The molecule has 4 aromatic rings. The fraction of sp³-hybridized carbons (Fsp3) is 0.344. The first-order valence-corrected chi connectivity index (χ1v) is 15.2. The van der Waals surface area contributed by atoms with Gasteiger partial charge in [-0.05, 0) is 25.7 Å². The summed E-state index contributed by atoms with van der Waals surface area (Å²) in [5.74, 6) is 0.938. The minimum Gasteiger partial charge on any atom is -0.480 e. The second-order valence-corrected chi connectivity index (χ2v) is 11.1. The van der Waals surface area contributed by atoms with E-state index in [4.69, 9.17) is 42.8 Å². The van der Waals surface area contributed by atoms with Crippen LogP contribution in [0.25, 0.3) is 33.6 Å². The van der Waals surface area contributed by atoms with E-state index in [1.54, 1.807) is 19.5 Å². The largest absolute Gasteiger partial charge is 0.480 e. The van der Waals surface area contributed by atoms with E-state index in [-0.39, 0.29) is 18.6 Å². The molecule has 1 atom stereocenters. The lowest BCUT2D eigenvalue weighted by Crippen LogP contribution is -2.25. The van der Waals surface area contributed by atoms with Gasteiger partial charge >= 0.3 is 0 Å². The standard InChI is InChI=1S/C32H34Cl2N6O4/c1-43-31-24(11-3-6-19-12-13-28(42)38-19)36-17-25(39-31)22-9-4-7-20(29(22)33)21-8-5-10-23(30(21)34)26-18-37-27(16-35-14-15-41)32(40-26)44-2/h4-5,7-10,17-19,35,41H,3,6,11-16H2,1-2H3,(H,38,42)/t19-/m1/s1. The number of aliphatic hydroxyl groups is 1. The third-order valence-electron chi connectivity index (χ3n) is 7.48. The zero-order valence-electron chi connectivity index (χ0n) is 24.6. The van der Waals surface area contributed by atoms with Gasteiger partial charge in [0.15, 0.2) is 0 Å². The Balaban J connectivity index is 1.40. The summed E-state index contributed by atoms with van der Waals surface area (Å²) in [5.41, 5.74) is 5.33. The molecule has 1 fully saturated rings. The van der Waals surface area contributed by atoms with Crippen molar-refractivity contribution in [2.45, 2.75) is 44.7 Å². The minimum atomic E-state index is 0.0225. The molecule has 0 aliphatic carbocycles. The molecule has 2 aromatic heterocycles. The maximum absolute atomic E-state index is 11.5. The van der Waals surface area contributed by atoms with Crippen molar-refractivity contribution >= 4 is 29.1 Å². The molecule has 1 amide bonds. The molecule has 12 heteroatoms. The maximum Gasteiger partial charge on any atom is 0.237 e. The number of carbonyl (C=O) groups excluding carboxylic acids is 1. The quantitative estimate of drug-likeness (QED) is 0.168. The third kappa shape index (κ3) is 7.10. The summed E-state index contributed by atoms with van der Waals surface area (Å²) in [5, 5.41) is 16.1. The lowest BCUT2D eigenvalue weighted by atomic mass is 9.98. The van der Waals surface area contributed by atoms with Crippen LogP contribution in [0.1, 0.15) is 37.1 Å². The number of ether oxygens (including phenoxy) is 2. The second kappa shape index (κ2) is 14.8. The van der Waals surface area contributed by atoms with Crippen molar-refractivity contribution in [1.82, 2.24) is 30.6 Å². The molecule has 0 unspecified atom stereocenters. The summed E-state index contributed by atoms with van der Waals surface area (Å²) in [6.45, 7) is 0.863. The predicted molar refractivity (Wildman–Crippen MR) is 170 cm³/mol. The van der Waals surface area contributed by atoms with Gasteiger partial charge in [-0.25, -0.2) is 9.97 Å². The number of nitrogens with one attached hydrogen (secondary N) is 2. The highest BCUT2D eigenvalue weighted by atomic mass is 35.5. The van der Waals surface area contributed by atoms with Crippen molar-refractivity contribution in [3.05, 3.63) is 70.2 Å². The number of methoxy groups -OCH3 is 2. The molecular weight excluding hydrogens is 603 g/mol. The van der Waals surface area contributed by atoms with Crippen LogP contribution < -0.4 is 20.1 Å². The maximum atomic E-state index is 11.5. The number of benzene rings is 2. The number of rotatable bonds is 13. The number of hydrogen-bond acceptors (Lipinski definition) is 9. The van der Waals surface area contributed by atoms with Gasteiger partial charge in [0.2, 0.25) is 17.7 Å². The van der Waals surface area contributed by atoms with Crippen LogP contribution >= 0.6 is 23.2 Å². The Morgan fingerprint density at radius 3 is 2.02 bits per heavy atom. The van der Waals surface area contributed by atoms with Gasteiger partial charge in [-0.2, -0.15) is 0 Å². The van der Waals surface area contributed by atoms with E-state index in [1.807, 2.05) is 36.4 Å². The van der Waals surface area contributed by atoms with Crippen molar-refractivity contribution in [3.8, 4) is 45.4 Å². The van der Waals surface area contributed by atoms with Crippen molar-refractivity contribution in [3.63, 3.8) is 0 Å². The van der Waals surface area contributed by atoms with Gasteiger partial charge in [-0.15, -0.1) is 0 Å². The number of amides is 1. The van der Waals surface area contributed by atoms with Crippen molar-refractivity contribution in [1.29, 1.82) is 0 Å². The van der Waals surface area contributed by atoms with Crippen LogP contribution in [0.3, 0.4) is 0 Å². The lowest BCUT2D eigenvalue weighted by Gasteiger charge is -2.15.